The van der Waals surface area contributed by atoms with Gasteiger partial charge in [0.2, 0.25) is 5.91 Å². The number of hydrogen-bond donors (Lipinski definition) is 1. The number of aromatic nitrogens is 2. The van der Waals surface area contributed by atoms with E-state index in [9.17, 15) is 4.79 Å². The molecule has 1 unspecified atom stereocenters. The van der Waals surface area contributed by atoms with Crippen molar-refractivity contribution < 1.29 is 4.79 Å². The topological polar surface area (TPSA) is 46.9 Å². The van der Waals surface area contributed by atoms with Gasteiger partial charge in [0.15, 0.2) is 0 Å². The van der Waals surface area contributed by atoms with Gasteiger partial charge in [-0.05, 0) is 43.7 Å². The lowest BCUT2D eigenvalue weighted by Crippen LogP contribution is -2.35. The number of carbonyl (C=O) groups excluding carboxylic acids is 1. The van der Waals surface area contributed by atoms with Crippen molar-refractivity contribution in [3.05, 3.63) is 66.0 Å². The molecule has 0 saturated heterocycles. The van der Waals surface area contributed by atoms with Crippen molar-refractivity contribution in [3.8, 4) is 0 Å². The van der Waals surface area contributed by atoms with Crippen LogP contribution in [0, 0.1) is 0 Å². The SMILES string of the molecule is CSCc1nc2ccccc2n1CC(=O)NC(C)CCc1ccccc1. The Morgan fingerprint density at radius 1 is 1.15 bits per heavy atom. The monoisotopic (exact) mass is 367 g/mol. The number of thioether (sulfide) groups is 1. The minimum atomic E-state index is 0.0380. The molecular weight excluding hydrogens is 342 g/mol. The molecule has 0 radical (unpaired) electrons. The van der Waals surface area contributed by atoms with E-state index in [1.165, 1.54) is 5.56 Å². The Morgan fingerprint density at radius 3 is 2.65 bits per heavy atom. The molecule has 0 aliphatic rings. The second-order valence-corrected chi connectivity index (χ2v) is 7.39. The molecule has 1 amide bonds. The summed E-state index contributed by atoms with van der Waals surface area (Å²) in [7, 11) is 0. The average Bonchev–Trinajstić information content (AvgIpc) is 2.98. The highest BCUT2D eigenvalue weighted by atomic mass is 32.2. The van der Waals surface area contributed by atoms with Crippen LogP contribution in [0.5, 0.6) is 0 Å². The first-order valence-corrected chi connectivity index (χ1v) is 10.3. The predicted octanol–water partition coefficient (Wildman–Crippen LogP) is 4.04. The van der Waals surface area contributed by atoms with E-state index >= 15 is 0 Å². The Labute approximate surface area is 159 Å². The molecule has 136 valence electrons. The number of imidazole rings is 1. The van der Waals surface area contributed by atoms with Crippen LogP contribution in [0.15, 0.2) is 54.6 Å². The molecule has 1 heterocycles. The Kier molecular flexibility index (Phi) is 6.34. The quantitative estimate of drug-likeness (QED) is 0.654. The van der Waals surface area contributed by atoms with E-state index in [0.717, 1.165) is 35.5 Å². The summed E-state index contributed by atoms with van der Waals surface area (Å²) in [6.07, 6.45) is 3.95. The Morgan fingerprint density at radius 2 is 1.88 bits per heavy atom. The number of hydrogen-bond acceptors (Lipinski definition) is 3. The summed E-state index contributed by atoms with van der Waals surface area (Å²) in [4.78, 5) is 17.2. The summed E-state index contributed by atoms with van der Waals surface area (Å²) in [5.41, 5.74) is 3.27. The molecule has 1 aromatic heterocycles. The van der Waals surface area contributed by atoms with Crippen molar-refractivity contribution in [2.45, 2.75) is 38.1 Å². The number of carbonyl (C=O) groups is 1. The van der Waals surface area contributed by atoms with E-state index in [1.54, 1.807) is 11.8 Å². The summed E-state index contributed by atoms with van der Waals surface area (Å²) >= 11 is 1.72. The van der Waals surface area contributed by atoms with Gasteiger partial charge in [-0.15, -0.1) is 0 Å². The van der Waals surface area contributed by atoms with Gasteiger partial charge in [0.05, 0.1) is 16.8 Å². The van der Waals surface area contributed by atoms with E-state index < -0.39 is 0 Å². The van der Waals surface area contributed by atoms with E-state index in [0.29, 0.717) is 6.54 Å². The first kappa shape index (κ1) is 18.5. The highest BCUT2D eigenvalue weighted by molar-refractivity contribution is 7.97. The molecule has 1 N–H and O–H groups in total. The number of aryl methyl sites for hydroxylation is 1. The van der Waals surface area contributed by atoms with Crippen molar-refractivity contribution >= 4 is 28.7 Å². The van der Waals surface area contributed by atoms with Crippen molar-refractivity contribution in [2.75, 3.05) is 6.26 Å². The van der Waals surface area contributed by atoms with Gasteiger partial charge in [-0.2, -0.15) is 11.8 Å². The van der Waals surface area contributed by atoms with Crippen LogP contribution >= 0.6 is 11.8 Å². The smallest absolute Gasteiger partial charge is 0.240 e. The number of rotatable bonds is 8. The maximum Gasteiger partial charge on any atom is 0.240 e. The van der Waals surface area contributed by atoms with E-state index in [-0.39, 0.29) is 11.9 Å². The fourth-order valence-electron chi connectivity index (χ4n) is 3.11. The zero-order valence-electron chi connectivity index (χ0n) is 15.3. The maximum absolute atomic E-state index is 12.6. The minimum Gasteiger partial charge on any atom is -0.352 e. The van der Waals surface area contributed by atoms with E-state index in [4.69, 9.17) is 0 Å². The molecule has 3 rings (SSSR count). The van der Waals surface area contributed by atoms with Crippen LogP contribution in [-0.2, 0) is 23.5 Å². The van der Waals surface area contributed by atoms with Gasteiger partial charge in [-0.1, -0.05) is 42.5 Å². The van der Waals surface area contributed by atoms with Gasteiger partial charge in [0, 0.05) is 6.04 Å². The Bertz CT molecular complexity index is 860. The van der Waals surface area contributed by atoms with Gasteiger partial charge in [-0.25, -0.2) is 4.98 Å². The number of amides is 1. The lowest BCUT2D eigenvalue weighted by molar-refractivity contribution is -0.122. The summed E-state index contributed by atoms with van der Waals surface area (Å²) in [6.45, 7) is 2.38. The third-order valence-electron chi connectivity index (χ3n) is 4.43. The number of fused-ring (bicyclic) bond motifs is 1. The van der Waals surface area contributed by atoms with Crippen molar-refractivity contribution in [1.29, 1.82) is 0 Å². The van der Waals surface area contributed by atoms with Crippen molar-refractivity contribution in [1.82, 2.24) is 14.9 Å². The second-order valence-electron chi connectivity index (χ2n) is 6.53. The normalized spacial score (nSPS) is 12.2. The first-order valence-electron chi connectivity index (χ1n) is 8.93. The Balaban J connectivity index is 1.62. The van der Waals surface area contributed by atoms with Crippen LogP contribution in [0.25, 0.3) is 11.0 Å². The molecule has 1 atom stereocenters. The second kappa shape index (κ2) is 8.90. The largest absolute Gasteiger partial charge is 0.352 e. The number of benzene rings is 2. The first-order chi connectivity index (χ1) is 12.7. The third-order valence-corrected chi connectivity index (χ3v) is 4.97. The minimum absolute atomic E-state index is 0.0380. The van der Waals surface area contributed by atoms with Crippen LogP contribution in [0.1, 0.15) is 24.7 Å². The van der Waals surface area contributed by atoms with Crippen LogP contribution in [0.4, 0.5) is 0 Å². The third kappa shape index (κ3) is 4.67. The molecular formula is C21H25N3OS. The molecule has 3 aromatic rings. The maximum atomic E-state index is 12.6. The Hall–Kier alpha value is -2.27. The van der Waals surface area contributed by atoms with Gasteiger partial charge < -0.3 is 9.88 Å². The van der Waals surface area contributed by atoms with Gasteiger partial charge >= 0.3 is 0 Å². The summed E-state index contributed by atoms with van der Waals surface area (Å²) in [6, 6.07) is 18.5. The lowest BCUT2D eigenvalue weighted by Gasteiger charge is -2.15. The molecule has 2 aromatic carbocycles. The molecule has 0 aliphatic carbocycles. The summed E-state index contributed by atoms with van der Waals surface area (Å²) in [5, 5.41) is 3.13. The highest BCUT2D eigenvalue weighted by Gasteiger charge is 2.14. The molecule has 0 saturated carbocycles. The van der Waals surface area contributed by atoms with Crippen LogP contribution < -0.4 is 5.32 Å². The van der Waals surface area contributed by atoms with Crippen LogP contribution in [0.2, 0.25) is 0 Å². The number of nitrogens with one attached hydrogen (secondary N) is 1. The predicted molar refractivity (Wildman–Crippen MR) is 109 cm³/mol. The number of para-hydroxylation sites is 2. The summed E-state index contributed by atoms with van der Waals surface area (Å²) in [5.74, 6) is 1.78. The van der Waals surface area contributed by atoms with Crippen molar-refractivity contribution in [3.63, 3.8) is 0 Å². The van der Waals surface area contributed by atoms with Crippen LogP contribution in [-0.4, -0.2) is 27.8 Å². The van der Waals surface area contributed by atoms with Gasteiger partial charge in [0.25, 0.3) is 0 Å². The molecule has 0 aliphatic heterocycles. The lowest BCUT2D eigenvalue weighted by atomic mass is 10.1. The zero-order valence-corrected chi connectivity index (χ0v) is 16.1. The van der Waals surface area contributed by atoms with Gasteiger partial charge in [-0.3, -0.25) is 4.79 Å². The molecule has 0 bridgehead atoms. The molecule has 0 spiro atoms. The van der Waals surface area contributed by atoms with Crippen LogP contribution in [0.3, 0.4) is 0 Å². The van der Waals surface area contributed by atoms with E-state index in [2.05, 4.69) is 47.7 Å². The number of nitrogens with zero attached hydrogens (tertiary/aromatic N) is 2. The highest BCUT2D eigenvalue weighted by Crippen LogP contribution is 2.19. The zero-order chi connectivity index (χ0) is 18.4. The average molecular weight is 368 g/mol. The molecule has 0 fully saturated rings. The van der Waals surface area contributed by atoms with E-state index in [1.807, 2.05) is 34.9 Å². The molecule has 4 nitrogen and oxygen atoms in total. The van der Waals surface area contributed by atoms with Gasteiger partial charge in [0.1, 0.15) is 12.4 Å². The summed E-state index contributed by atoms with van der Waals surface area (Å²) < 4.78 is 2.03. The molecule has 26 heavy (non-hydrogen) atoms. The van der Waals surface area contributed by atoms with Crippen molar-refractivity contribution in [2.24, 2.45) is 0 Å². The fraction of sp³-hybridized carbons (Fsp3) is 0.333. The molecule has 5 heteroatoms. The fourth-order valence-corrected chi connectivity index (χ4v) is 3.58. The standard InChI is InChI=1S/C21H25N3OS/c1-16(12-13-17-8-4-3-5-9-17)22-21(25)14-24-19-11-7-6-10-18(19)23-20(24)15-26-2/h3-11,16H,12-15H2,1-2H3,(H,22,25).